The van der Waals surface area contributed by atoms with Gasteiger partial charge in [0.15, 0.2) is 0 Å². The van der Waals surface area contributed by atoms with E-state index in [-0.39, 0.29) is 18.4 Å². The first-order valence-corrected chi connectivity index (χ1v) is 7.77. The van der Waals surface area contributed by atoms with Crippen molar-refractivity contribution in [2.45, 2.75) is 6.92 Å². The molecular weight excluding hydrogens is 360 g/mol. The molecule has 0 saturated carbocycles. The van der Waals surface area contributed by atoms with Gasteiger partial charge in [-0.15, -0.1) is 0 Å². The van der Waals surface area contributed by atoms with Gasteiger partial charge in [-0.3, -0.25) is 9.59 Å². The third-order valence-corrected chi connectivity index (χ3v) is 4.07. The van der Waals surface area contributed by atoms with E-state index < -0.39 is 0 Å². The number of carbonyl (C=O) groups excluding carboxylic acids is 2. The van der Waals surface area contributed by atoms with Gasteiger partial charge in [0.2, 0.25) is 5.91 Å². The van der Waals surface area contributed by atoms with Crippen molar-refractivity contribution in [1.82, 2.24) is 5.32 Å². The van der Waals surface area contributed by atoms with Crippen LogP contribution in [0.15, 0.2) is 46.9 Å². The molecule has 2 aromatic carbocycles. The van der Waals surface area contributed by atoms with Crippen molar-refractivity contribution in [2.24, 2.45) is 0 Å². The van der Waals surface area contributed by atoms with Gasteiger partial charge in [-0.2, -0.15) is 0 Å². The fraction of sp³-hybridized carbons (Fsp3) is 0.176. The van der Waals surface area contributed by atoms with E-state index in [0.29, 0.717) is 17.0 Å². The highest BCUT2D eigenvalue weighted by molar-refractivity contribution is 9.10. The van der Waals surface area contributed by atoms with Crippen LogP contribution in [0.2, 0.25) is 0 Å². The molecule has 2 N–H and O–H groups in total. The Hall–Kier alpha value is -2.34. The quantitative estimate of drug-likeness (QED) is 0.842. The lowest BCUT2D eigenvalue weighted by Gasteiger charge is -2.08. The second kappa shape index (κ2) is 7.78. The monoisotopic (exact) mass is 376 g/mol. The van der Waals surface area contributed by atoms with Gasteiger partial charge in [0.05, 0.1) is 13.7 Å². The lowest BCUT2D eigenvalue weighted by Crippen LogP contribution is -2.32. The van der Waals surface area contributed by atoms with Crippen molar-refractivity contribution in [3.63, 3.8) is 0 Å². The molecule has 6 heteroatoms. The maximum absolute atomic E-state index is 12.0. The number of nitrogens with one attached hydrogen (secondary N) is 2. The number of amides is 2. The Labute approximate surface area is 143 Å². The minimum atomic E-state index is -0.312. The minimum Gasteiger partial charge on any atom is -0.497 e. The predicted molar refractivity (Wildman–Crippen MR) is 92.8 cm³/mol. The second-order valence-electron chi connectivity index (χ2n) is 4.92. The highest BCUT2D eigenvalue weighted by Gasteiger charge is 2.09. The van der Waals surface area contributed by atoms with E-state index in [0.717, 1.165) is 10.0 Å². The number of hydrogen-bond donors (Lipinski definition) is 2. The van der Waals surface area contributed by atoms with Gasteiger partial charge in [-0.05, 0) is 48.9 Å². The van der Waals surface area contributed by atoms with Crippen LogP contribution in [0.25, 0.3) is 0 Å². The fourth-order valence-corrected chi connectivity index (χ4v) is 2.26. The summed E-state index contributed by atoms with van der Waals surface area (Å²) in [7, 11) is 1.56. The Morgan fingerprint density at radius 2 is 1.83 bits per heavy atom. The number of ether oxygens (including phenoxy) is 1. The highest BCUT2D eigenvalue weighted by Crippen LogP contribution is 2.20. The summed E-state index contributed by atoms with van der Waals surface area (Å²) in [5, 5.41) is 5.31. The molecule has 5 nitrogen and oxygen atoms in total. The number of hydrogen-bond acceptors (Lipinski definition) is 3. The van der Waals surface area contributed by atoms with Gasteiger partial charge in [-0.1, -0.05) is 22.0 Å². The zero-order valence-corrected chi connectivity index (χ0v) is 14.4. The van der Waals surface area contributed by atoms with Crippen molar-refractivity contribution in [2.75, 3.05) is 19.0 Å². The Morgan fingerprint density at radius 3 is 2.43 bits per heavy atom. The van der Waals surface area contributed by atoms with Gasteiger partial charge < -0.3 is 15.4 Å². The van der Waals surface area contributed by atoms with E-state index in [2.05, 4.69) is 26.6 Å². The molecule has 2 amide bonds. The summed E-state index contributed by atoms with van der Waals surface area (Å²) in [4.78, 5) is 23.8. The van der Waals surface area contributed by atoms with E-state index in [1.807, 2.05) is 25.1 Å². The molecule has 0 bridgehead atoms. The molecule has 0 atom stereocenters. The topological polar surface area (TPSA) is 67.4 Å². The molecule has 2 aromatic rings. The average molecular weight is 377 g/mol. The first kappa shape index (κ1) is 17.0. The lowest BCUT2D eigenvalue weighted by atomic mass is 10.2. The summed E-state index contributed by atoms with van der Waals surface area (Å²) in [5.74, 6) is 0.0692. The largest absolute Gasteiger partial charge is 0.497 e. The summed E-state index contributed by atoms with van der Waals surface area (Å²) < 4.78 is 5.95. The van der Waals surface area contributed by atoms with Crippen LogP contribution in [-0.4, -0.2) is 25.5 Å². The number of halogens is 1. The molecule has 2 rings (SSSR count). The molecule has 23 heavy (non-hydrogen) atoms. The lowest BCUT2D eigenvalue weighted by molar-refractivity contribution is -0.115. The Morgan fingerprint density at radius 1 is 1.13 bits per heavy atom. The molecule has 0 fully saturated rings. The highest BCUT2D eigenvalue weighted by atomic mass is 79.9. The summed E-state index contributed by atoms with van der Waals surface area (Å²) in [6, 6.07) is 12.2. The van der Waals surface area contributed by atoms with Crippen LogP contribution in [0.4, 0.5) is 5.69 Å². The van der Waals surface area contributed by atoms with Crippen molar-refractivity contribution in [3.8, 4) is 5.75 Å². The zero-order valence-electron chi connectivity index (χ0n) is 12.9. The van der Waals surface area contributed by atoms with Crippen LogP contribution in [0, 0.1) is 6.92 Å². The van der Waals surface area contributed by atoms with Crippen molar-refractivity contribution in [3.05, 3.63) is 58.1 Å². The molecule has 0 aromatic heterocycles. The van der Waals surface area contributed by atoms with E-state index >= 15 is 0 Å². The van der Waals surface area contributed by atoms with E-state index in [4.69, 9.17) is 4.74 Å². The Bertz CT molecular complexity index is 714. The van der Waals surface area contributed by atoms with Crippen LogP contribution in [0.3, 0.4) is 0 Å². The first-order valence-electron chi connectivity index (χ1n) is 6.98. The Balaban J connectivity index is 1.87. The van der Waals surface area contributed by atoms with Gasteiger partial charge >= 0.3 is 0 Å². The molecule has 0 radical (unpaired) electrons. The van der Waals surface area contributed by atoms with Crippen LogP contribution >= 0.6 is 15.9 Å². The van der Waals surface area contributed by atoms with E-state index in [1.54, 1.807) is 31.4 Å². The Kier molecular flexibility index (Phi) is 5.76. The van der Waals surface area contributed by atoms with Crippen LogP contribution in [0.5, 0.6) is 5.75 Å². The summed E-state index contributed by atoms with van der Waals surface area (Å²) >= 11 is 3.41. The standard InChI is InChI=1S/C17H17BrN2O3/c1-11-3-6-13(9-15(11)18)20-16(21)10-19-17(22)12-4-7-14(23-2)8-5-12/h3-9H,10H2,1-2H3,(H,19,22)(H,20,21). The van der Waals surface area contributed by atoms with Crippen molar-refractivity contribution < 1.29 is 14.3 Å². The number of methoxy groups -OCH3 is 1. The average Bonchev–Trinajstić information content (AvgIpc) is 2.56. The number of anilines is 1. The number of carbonyl (C=O) groups is 2. The molecule has 0 saturated heterocycles. The normalized spacial score (nSPS) is 10.0. The first-order chi connectivity index (χ1) is 11.0. The molecule has 0 aliphatic rings. The maximum Gasteiger partial charge on any atom is 0.251 e. The molecular formula is C17H17BrN2O3. The van der Waals surface area contributed by atoms with Gasteiger partial charge in [0.1, 0.15) is 5.75 Å². The fourth-order valence-electron chi connectivity index (χ4n) is 1.88. The van der Waals surface area contributed by atoms with Gasteiger partial charge in [0, 0.05) is 15.7 Å². The number of aryl methyl sites for hydroxylation is 1. The van der Waals surface area contributed by atoms with E-state index in [9.17, 15) is 9.59 Å². The smallest absolute Gasteiger partial charge is 0.251 e. The second-order valence-corrected chi connectivity index (χ2v) is 5.78. The number of rotatable bonds is 5. The molecule has 0 spiro atoms. The molecule has 0 heterocycles. The third-order valence-electron chi connectivity index (χ3n) is 3.22. The summed E-state index contributed by atoms with van der Waals surface area (Å²) in [6.07, 6.45) is 0. The maximum atomic E-state index is 12.0. The molecule has 0 unspecified atom stereocenters. The molecule has 120 valence electrons. The zero-order chi connectivity index (χ0) is 16.8. The summed E-state index contributed by atoms with van der Waals surface area (Å²) in [6.45, 7) is 1.86. The van der Waals surface area contributed by atoms with Gasteiger partial charge in [0.25, 0.3) is 5.91 Å². The van der Waals surface area contributed by atoms with Crippen LogP contribution < -0.4 is 15.4 Å². The van der Waals surface area contributed by atoms with E-state index in [1.165, 1.54) is 0 Å². The van der Waals surface area contributed by atoms with Crippen LogP contribution in [-0.2, 0) is 4.79 Å². The number of benzene rings is 2. The van der Waals surface area contributed by atoms with Crippen molar-refractivity contribution in [1.29, 1.82) is 0 Å². The predicted octanol–water partition coefficient (Wildman–Crippen LogP) is 3.13. The third kappa shape index (κ3) is 4.82. The molecule has 0 aliphatic carbocycles. The van der Waals surface area contributed by atoms with Crippen LogP contribution in [0.1, 0.15) is 15.9 Å². The van der Waals surface area contributed by atoms with Gasteiger partial charge in [-0.25, -0.2) is 0 Å². The van der Waals surface area contributed by atoms with Crippen molar-refractivity contribution >= 4 is 33.4 Å². The molecule has 0 aliphatic heterocycles. The summed E-state index contributed by atoms with van der Waals surface area (Å²) in [5.41, 5.74) is 2.22. The minimum absolute atomic E-state index is 0.101. The SMILES string of the molecule is COc1ccc(C(=O)NCC(=O)Nc2ccc(C)c(Br)c2)cc1.